The molecule has 84 valence electrons. The summed E-state index contributed by atoms with van der Waals surface area (Å²) in [6.45, 7) is 1.30. The van der Waals surface area contributed by atoms with Gasteiger partial charge in [-0.15, -0.1) is 0 Å². The number of hydrogen-bond donors (Lipinski definition) is 1. The van der Waals surface area contributed by atoms with Gasteiger partial charge >= 0.3 is 0 Å². The molecule has 0 amide bonds. The van der Waals surface area contributed by atoms with Crippen LogP contribution in [0.1, 0.15) is 12.8 Å². The Labute approximate surface area is 85.3 Å². The largest absolute Gasteiger partial charge is 0.381 e. The van der Waals surface area contributed by atoms with Crippen LogP contribution in [-0.4, -0.2) is 51.3 Å². The van der Waals surface area contributed by atoms with E-state index in [0.717, 1.165) is 12.8 Å². The number of rotatable bonds is 4. The summed E-state index contributed by atoms with van der Waals surface area (Å²) in [7, 11) is -1.45. The minimum Gasteiger partial charge on any atom is -0.381 e. The topological polar surface area (TPSA) is 72.6 Å². The van der Waals surface area contributed by atoms with E-state index in [1.165, 1.54) is 4.31 Å². The highest BCUT2D eigenvalue weighted by Gasteiger charge is 2.26. The van der Waals surface area contributed by atoms with Crippen LogP contribution in [0.25, 0.3) is 0 Å². The van der Waals surface area contributed by atoms with E-state index in [0.29, 0.717) is 13.1 Å². The Hall–Kier alpha value is -0.170. The molecule has 0 aromatic heterocycles. The lowest BCUT2D eigenvalue weighted by molar-refractivity contribution is 0.0604. The fraction of sp³-hybridized carbons (Fsp3) is 1.00. The van der Waals surface area contributed by atoms with E-state index in [4.69, 9.17) is 10.5 Å². The maximum Gasteiger partial charge on any atom is 0.215 e. The van der Waals surface area contributed by atoms with Crippen LogP contribution in [0.5, 0.6) is 0 Å². The molecule has 1 aliphatic rings. The summed E-state index contributed by atoms with van der Waals surface area (Å²) in [4.78, 5) is 0. The van der Waals surface area contributed by atoms with Gasteiger partial charge in [0, 0.05) is 26.7 Å². The average molecular weight is 222 g/mol. The second kappa shape index (κ2) is 5.06. The van der Waals surface area contributed by atoms with Crippen molar-refractivity contribution in [2.45, 2.75) is 18.9 Å². The first-order valence-corrected chi connectivity index (χ1v) is 6.41. The van der Waals surface area contributed by atoms with Crippen molar-refractivity contribution in [2.24, 2.45) is 5.73 Å². The molecule has 1 saturated heterocycles. The normalized spacial score (nSPS) is 21.3. The van der Waals surface area contributed by atoms with Crippen molar-refractivity contribution >= 4 is 10.0 Å². The first-order chi connectivity index (χ1) is 6.60. The van der Waals surface area contributed by atoms with Crippen molar-refractivity contribution in [3.8, 4) is 0 Å². The highest BCUT2D eigenvalue weighted by molar-refractivity contribution is 7.89. The molecular weight excluding hydrogens is 204 g/mol. The number of piperidine rings is 1. The fourth-order valence-electron chi connectivity index (χ4n) is 1.62. The van der Waals surface area contributed by atoms with Gasteiger partial charge < -0.3 is 10.5 Å². The third-order valence-electron chi connectivity index (χ3n) is 2.50. The molecule has 0 aromatic rings. The quantitative estimate of drug-likeness (QED) is 0.688. The molecule has 0 atom stereocenters. The Kier molecular flexibility index (Phi) is 4.31. The third kappa shape index (κ3) is 2.91. The SMILES string of the molecule is COC1CCN(S(=O)(=O)CCN)CC1. The van der Waals surface area contributed by atoms with Crippen LogP contribution in [0, 0.1) is 0 Å². The highest BCUT2D eigenvalue weighted by atomic mass is 32.2. The summed E-state index contributed by atoms with van der Waals surface area (Å²) in [6.07, 6.45) is 1.76. The van der Waals surface area contributed by atoms with Crippen molar-refractivity contribution in [1.82, 2.24) is 4.31 Å². The fourth-order valence-corrected chi connectivity index (χ4v) is 2.95. The van der Waals surface area contributed by atoms with Gasteiger partial charge in [-0.05, 0) is 12.8 Å². The number of methoxy groups -OCH3 is 1. The van der Waals surface area contributed by atoms with E-state index < -0.39 is 10.0 Å². The minimum absolute atomic E-state index is 0.0463. The first-order valence-electron chi connectivity index (χ1n) is 4.81. The maximum absolute atomic E-state index is 11.6. The molecule has 0 aliphatic carbocycles. The van der Waals surface area contributed by atoms with Crippen molar-refractivity contribution in [3.05, 3.63) is 0 Å². The average Bonchev–Trinajstić information content (AvgIpc) is 2.18. The van der Waals surface area contributed by atoms with Gasteiger partial charge in [0.2, 0.25) is 10.0 Å². The maximum atomic E-state index is 11.6. The summed E-state index contributed by atoms with van der Waals surface area (Å²) in [5, 5.41) is 0. The second-order valence-corrected chi connectivity index (χ2v) is 5.53. The van der Waals surface area contributed by atoms with E-state index in [-0.39, 0.29) is 18.4 Å². The Morgan fingerprint density at radius 2 is 2.00 bits per heavy atom. The molecule has 1 heterocycles. The van der Waals surface area contributed by atoms with E-state index in [2.05, 4.69) is 0 Å². The Morgan fingerprint density at radius 1 is 1.43 bits per heavy atom. The first kappa shape index (κ1) is 11.9. The zero-order valence-electron chi connectivity index (χ0n) is 8.48. The number of nitrogens with zero attached hydrogens (tertiary/aromatic N) is 1. The predicted molar refractivity (Wildman–Crippen MR) is 54.4 cm³/mol. The van der Waals surface area contributed by atoms with E-state index in [9.17, 15) is 8.42 Å². The standard InChI is InChI=1S/C8H18N2O3S/c1-13-8-2-5-10(6-3-8)14(11,12)7-4-9/h8H,2-7,9H2,1H3. The molecule has 0 radical (unpaired) electrons. The highest BCUT2D eigenvalue weighted by Crippen LogP contribution is 2.15. The number of sulfonamides is 1. The van der Waals surface area contributed by atoms with E-state index in [1.54, 1.807) is 7.11 Å². The number of nitrogens with two attached hydrogens (primary N) is 1. The zero-order valence-corrected chi connectivity index (χ0v) is 9.29. The lowest BCUT2D eigenvalue weighted by atomic mass is 10.1. The van der Waals surface area contributed by atoms with Crippen molar-refractivity contribution in [2.75, 3.05) is 32.5 Å². The van der Waals surface area contributed by atoms with Gasteiger partial charge in [-0.1, -0.05) is 0 Å². The molecule has 0 bridgehead atoms. The third-order valence-corrected chi connectivity index (χ3v) is 4.41. The molecule has 2 N–H and O–H groups in total. The van der Waals surface area contributed by atoms with Gasteiger partial charge in [0.1, 0.15) is 0 Å². The van der Waals surface area contributed by atoms with E-state index in [1.807, 2.05) is 0 Å². The monoisotopic (exact) mass is 222 g/mol. The zero-order chi connectivity index (χ0) is 10.6. The molecule has 0 saturated carbocycles. The van der Waals surface area contributed by atoms with Crippen LogP contribution in [0.15, 0.2) is 0 Å². The molecule has 0 aromatic carbocycles. The summed E-state index contributed by atoms with van der Waals surface area (Å²) in [5.74, 6) is 0.0463. The number of hydrogen-bond acceptors (Lipinski definition) is 4. The van der Waals surface area contributed by atoms with Gasteiger partial charge in [-0.3, -0.25) is 0 Å². The predicted octanol–water partition coefficient (Wildman–Crippen LogP) is -0.614. The van der Waals surface area contributed by atoms with Crippen LogP contribution < -0.4 is 5.73 Å². The van der Waals surface area contributed by atoms with Crippen LogP contribution in [-0.2, 0) is 14.8 Å². The van der Waals surface area contributed by atoms with Gasteiger partial charge in [-0.25, -0.2) is 12.7 Å². The van der Waals surface area contributed by atoms with E-state index >= 15 is 0 Å². The molecule has 1 rings (SSSR count). The summed E-state index contributed by atoms with van der Waals surface area (Å²) >= 11 is 0. The van der Waals surface area contributed by atoms with Crippen LogP contribution in [0.3, 0.4) is 0 Å². The second-order valence-electron chi connectivity index (χ2n) is 3.44. The van der Waals surface area contributed by atoms with Crippen LogP contribution >= 0.6 is 0 Å². The summed E-state index contributed by atoms with van der Waals surface area (Å²) in [6, 6.07) is 0. The summed E-state index contributed by atoms with van der Waals surface area (Å²) < 4.78 is 29.8. The molecule has 0 spiro atoms. The molecule has 1 aliphatic heterocycles. The molecule has 6 heteroatoms. The van der Waals surface area contributed by atoms with Gasteiger partial charge in [-0.2, -0.15) is 0 Å². The Morgan fingerprint density at radius 3 is 2.43 bits per heavy atom. The van der Waals surface area contributed by atoms with Crippen molar-refractivity contribution < 1.29 is 13.2 Å². The lowest BCUT2D eigenvalue weighted by Crippen LogP contribution is -2.42. The van der Waals surface area contributed by atoms with Crippen molar-refractivity contribution in [1.29, 1.82) is 0 Å². The van der Waals surface area contributed by atoms with Gasteiger partial charge in [0.05, 0.1) is 11.9 Å². The molecule has 5 nitrogen and oxygen atoms in total. The minimum atomic E-state index is -3.11. The Bertz CT molecular complexity index is 258. The lowest BCUT2D eigenvalue weighted by Gasteiger charge is -2.30. The van der Waals surface area contributed by atoms with Crippen molar-refractivity contribution in [3.63, 3.8) is 0 Å². The van der Waals surface area contributed by atoms with Gasteiger partial charge in [0.25, 0.3) is 0 Å². The molecule has 1 fully saturated rings. The van der Waals surface area contributed by atoms with Crippen LogP contribution in [0.4, 0.5) is 0 Å². The Balaban J connectivity index is 2.49. The molecule has 14 heavy (non-hydrogen) atoms. The molecule has 0 unspecified atom stereocenters. The molecular formula is C8H18N2O3S. The van der Waals surface area contributed by atoms with Gasteiger partial charge in [0.15, 0.2) is 0 Å². The smallest absolute Gasteiger partial charge is 0.215 e. The summed E-state index contributed by atoms with van der Waals surface area (Å²) in [5.41, 5.74) is 5.24. The number of ether oxygens (including phenoxy) is 1. The van der Waals surface area contributed by atoms with Crippen LogP contribution in [0.2, 0.25) is 0 Å².